The quantitative estimate of drug-likeness (QED) is 0.462. The lowest BCUT2D eigenvalue weighted by Gasteiger charge is -2.22. The largest absolute Gasteiger partial charge is 0.493 e. The SMILES string of the molecule is COc1ccc(N(CC(=O)Nc2nnc(SC(C)C)s2)S(C)(=O)=O)cc1OC. The second kappa shape index (κ2) is 9.43. The highest BCUT2D eigenvalue weighted by atomic mass is 32.2. The monoisotopic (exact) mass is 446 g/mol. The lowest BCUT2D eigenvalue weighted by Crippen LogP contribution is -2.37. The number of ether oxygens (including phenoxy) is 2. The first-order valence-corrected chi connectivity index (χ1v) is 11.7. The summed E-state index contributed by atoms with van der Waals surface area (Å²) < 4.78 is 36.6. The maximum atomic E-state index is 12.4. The van der Waals surface area contributed by atoms with Crippen molar-refractivity contribution < 1.29 is 22.7 Å². The van der Waals surface area contributed by atoms with Gasteiger partial charge in [0.15, 0.2) is 15.8 Å². The van der Waals surface area contributed by atoms with Crippen LogP contribution < -0.4 is 19.1 Å². The molecule has 2 rings (SSSR count). The van der Waals surface area contributed by atoms with Crippen molar-refractivity contribution >= 4 is 49.8 Å². The second-order valence-electron chi connectivity index (χ2n) is 5.90. The summed E-state index contributed by atoms with van der Waals surface area (Å²) in [4.78, 5) is 12.4. The van der Waals surface area contributed by atoms with E-state index in [0.29, 0.717) is 21.9 Å². The average molecular weight is 447 g/mol. The van der Waals surface area contributed by atoms with E-state index in [9.17, 15) is 13.2 Å². The molecule has 9 nitrogen and oxygen atoms in total. The standard InChI is InChI=1S/C16H22N4O5S3/c1-10(2)26-16-19-18-15(27-16)17-14(21)9-20(28(5,22)23)11-6-7-12(24-3)13(8-11)25-4/h6-8,10H,9H2,1-5H3,(H,17,18,21). The summed E-state index contributed by atoms with van der Waals surface area (Å²) in [6.07, 6.45) is 1.03. The highest BCUT2D eigenvalue weighted by molar-refractivity contribution is 8.01. The van der Waals surface area contributed by atoms with Crippen LogP contribution in [0.25, 0.3) is 0 Å². The number of hydrogen-bond acceptors (Lipinski definition) is 9. The molecule has 1 amide bonds. The van der Waals surface area contributed by atoms with E-state index in [-0.39, 0.29) is 5.69 Å². The van der Waals surface area contributed by atoms with Gasteiger partial charge in [-0.1, -0.05) is 36.9 Å². The topological polar surface area (TPSA) is 111 Å². The third-order valence-corrected chi connectivity index (χ3v) is 6.40. The van der Waals surface area contributed by atoms with Crippen molar-refractivity contribution in [3.63, 3.8) is 0 Å². The Morgan fingerprint density at radius 3 is 2.50 bits per heavy atom. The smallest absolute Gasteiger partial charge is 0.246 e. The first-order valence-electron chi connectivity index (χ1n) is 8.13. The number of hydrogen-bond donors (Lipinski definition) is 1. The van der Waals surface area contributed by atoms with Crippen LogP contribution in [-0.4, -0.2) is 56.8 Å². The van der Waals surface area contributed by atoms with Crippen LogP contribution >= 0.6 is 23.1 Å². The van der Waals surface area contributed by atoms with Gasteiger partial charge in [0.25, 0.3) is 0 Å². The number of carbonyl (C=O) groups is 1. The van der Waals surface area contributed by atoms with E-state index in [4.69, 9.17) is 9.47 Å². The number of rotatable bonds is 9. The molecule has 0 aliphatic rings. The van der Waals surface area contributed by atoms with Crippen molar-refractivity contribution in [1.29, 1.82) is 0 Å². The van der Waals surface area contributed by atoms with Gasteiger partial charge in [0.2, 0.25) is 21.1 Å². The maximum absolute atomic E-state index is 12.4. The van der Waals surface area contributed by atoms with Crippen LogP contribution in [-0.2, 0) is 14.8 Å². The number of sulfonamides is 1. The minimum Gasteiger partial charge on any atom is -0.493 e. The Balaban J connectivity index is 2.19. The number of anilines is 2. The van der Waals surface area contributed by atoms with Crippen molar-refractivity contribution in [3.8, 4) is 11.5 Å². The Hall–Kier alpha value is -2.05. The number of nitrogens with one attached hydrogen (secondary N) is 1. The molecule has 154 valence electrons. The summed E-state index contributed by atoms with van der Waals surface area (Å²) in [5, 5.41) is 11.1. The van der Waals surface area contributed by atoms with Crippen LogP contribution in [0.1, 0.15) is 13.8 Å². The van der Waals surface area contributed by atoms with Crippen molar-refractivity contribution in [2.45, 2.75) is 23.4 Å². The molecule has 0 spiro atoms. The van der Waals surface area contributed by atoms with E-state index >= 15 is 0 Å². The lowest BCUT2D eigenvalue weighted by molar-refractivity contribution is -0.114. The van der Waals surface area contributed by atoms with Gasteiger partial charge in [-0.05, 0) is 12.1 Å². The van der Waals surface area contributed by atoms with E-state index in [1.54, 1.807) is 6.07 Å². The third kappa shape index (κ3) is 5.97. The van der Waals surface area contributed by atoms with Crippen LogP contribution in [0.15, 0.2) is 22.5 Å². The molecule has 0 saturated heterocycles. The number of thioether (sulfide) groups is 1. The molecule has 2 aromatic rings. The predicted molar refractivity (Wildman–Crippen MR) is 111 cm³/mol. The zero-order valence-electron chi connectivity index (χ0n) is 16.1. The Morgan fingerprint density at radius 1 is 1.25 bits per heavy atom. The van der Waals surface area contributed by atoms with E-state index in [1.807, 2.05) is 13.8 Å². The average Bonchev–Trinajstić information content (AvgIpc) is 3.04. The van der Waals surface area contributed by atoms with E-state index in [1.165, 1.54) is 49.5 Å². The third-order valence-electron chi connectivity index (χ3n) is 3.33. The van der Waals surface area contributed by atoms with E-state index < -0.39 is 22.5 Å². The van der Waals surface area contributed by atoms with Crippen LogP contribution in [0, 0.1) is 0 Å². The summed E-state index contributed by atoms with van der Waals surface area (Å²) in [5.41, 5.74) is 0.281. The Morgan fingerprint density at radius 2 is 1.93 bits per heavy atom. The lowest BCUT2D eigenvalue weighted by atomic mass is 10.2. The number of carbonyl (C=O) groups excluding carboxylic acids is 1. The van der Waals surface area contributed by atoms with Crippen LogP contribution in [0.2, 0.25) is 0 Å². The predicted octanol–water partition coefficient (Wildman–Crippen LogP) is 2.46. The molecule has 0 fully saturated rings. The van der Waals surface area contributed by atoms with Gasteiger partial charge in [0, 0.05) is 11.3 Å². The minimum atomic E-state index is -3.72. The van der Waals surface area contributed by atoms with Gasteiger partial charge in [-0.25, -0.2) is 8.42 Å². The molecule has 0 unspecified atom stereocenters. The molecule has 1 aromatic heterocycles. The Bertz CT molecular complexity index is 930. The van der Waals surface area contributed by atoms with Gasteiger partial charge in [-0.2, -0.15) is 0 Å². The van der Waals surface area contributed by atoms with Gasteiger partial charge in [0.1, 0.15) is 6.54 Å². The Kier molecular flexibility index (Phi) is 7.49. The number of methoxy groups -OCH3 is 2. The van der Waals surface area contributed by atoms with Crippen LogP contribution in [0.4, 0.5) is 10.8 Å². The fraction of sp³-hybridized carbons (Fsp3) is 0.438. The minimum absolute atomic E-state index is 0.281. The molecular weight excluding hydrogens is 424 g/mol. The first kappa shape index (κ1) is 22.2. The summed E-state index contributed by atoms with van der Waals surface area (Å²) >= 11 is 2.77. The van der Waals surface area contributed by atoms with Crippen LogP contribution in [0.3, 0.4) is 0 Å². The fourth-order valence-corrected chi connectivity index (χ4v) is 5.02. The number of benzene rings is 1. The molecule has 0 radical (unpaired) electrons. The zero-order chi connectivity index (χ0) is 20.9. The molecule has 0 aliphatic carbocycles. The summed E-state index contributed by atoms with van der Waals surface area (Å²) in [6, 6.07) is 4.61. The number of aromatic nitrogens is 2. The molecule has 0 aliphatic heterocycles. The number of amides is 1. The molecule has 0 saturated carbocycles. The number of nitrogens with zero attached hydrogens (tertiary/aromatic N) is 3. The normalized spacial score (nSPS) is 11.4. The van der Waals surface area contributed by atoms with Gasteiger partial charge < -0.3 is 9.47 Å². The molecule has 12 heteroatoms. The van der Waals surface area contributed by atoms with Crippen molar-refractivity contribution in [2.24, 2.45) is 0 Å². The van der Waals surface area contributed by atoms with Gasteiger partial charge in [0.05, 0.1) is 26.2 Å². The van der Waals surface area contributed by atoms with Crippen molar-refractivity contribution in [2.75, 3.05) is 36.6 Å². The van der Waals surface area contributed by atoms with E-state index in [0.717, 1.165) is 14.9 Å². The first-order chi connectivity index (χ1) is 13.1. The second-order valence-corrected chi connectivity index (χ2v) is 10.6. The van der Waals surface area contributed by atoms with Crippen LogP contribution in [0.5, 0.6) is 11.5 Å². The fourth-order valence-electron chi connectivity index (χ4n) is 2.18. The summed E-state index contributed by atoms with van der Waals surface area (Å²) in [5.74, 6) is 0.277. The molecule has 0 bridgehead atoms. The Labute approximate surface area is 172 Å². The van der Waals surface area contributed by atoms with Gasteiger partial charge in [-0.3, -0.25) is 14.4 Å². The summed E-state index contributed by atoms with van der Waals surface area (Å²) in [6.45, 7) is 3.63. The molecule has 1 aromatic carbocycles. The molecule has 28 heavy (non-hydrogen) atoms. The van der Waals surface area contributed by atoms with E-state index in [2.05, 4.69) is 15.5 Å². The van der Waals surface area contributed by atoms with Gasteiger partial charge >= 0.3 is 0 Å². The molecule has 0 atom stereocenters. The summed E-state index contributed by atoms with van der Waals surface area (Å²) in [7, 11) is -0.796. The molecular formula is C16H22N4O5S3. The van der Waals surface area contributed by atoms with Crippen molar-refractivity contribution in [1.82, 2.24) is 10.2 Å². The van der Waals surface area contributed by atoms with Crippen molar-refractivity contribution in [3.05, 3.63) is 18.2 Å². The highest BCUT2D eigenvalue weighted by Crippen LogP contribution is 2.32. The zero-order valence-corrected chi connectivity index (χ0v) is 18.6. The molecule has 1 heterocycles. The van der Waals surface area contributed by atoms with Gasteiger partial charge in [-0.15, -0.1) is 10.2 Å². The molecule has 1 N–H and O–H groups in total. The highest BCUT2D eigenvalue weighted by Gasteiger charge is 2.23. The maximum Gasteiger partial charge on any atom is 0.246 e.